The van der Waals surface area contributed by atoms with Crippen LogP contribution in [-0.4, -0.2) is 25.3 Å². The van der Waals surface area contributed by atoms with Crippen LogP contribution in [0.5, 0.6) is 0 Å². The van der Waals surface area contributed by atoms with Crippen molar-refractivity contribution in [2.24, 2.45) is 0 Å². The third kappa shape index (κ3) is 6.04. The Morgan fingerprint density at radius 3 is 2.70 bits per heavy atom. The highest BCUT2D eigenvalue weighted by Gasteiger charge is 2.12. The molecule has 2 rings (SSSR count). The van der Waals surface area contributed by atoms with Crippen molar-refractivity contribution in [3.63, 3.8) is 0 Å². The summed E-state index contributed by atoms with van der Waals surface area (Å²) in [5.41, 5.74) is 0.714. The van der Waals surface area contributed by atoms with Crippen LogP contribution in [0.25, 0.3) is 0 Å². The van der Waals surface area contributed by atoms with Gasteiger partial charge in [0.05, 0.1) is 6.10 Å². The summed E-state index contributed by atoms with van der Waals surface area (Å²) in [5, 5.41) is 2.84. The standard InChI is InChI=1S/C18H20FNO2S/c1-22-17(14-6-5-7-15(19)12-14)13-20-18(21)10-11-23-16-8-3-2-4-9-16/h2-9,12,17H,10-11,13H2,1H3,(H,20,21)/t17-/m0/s1. The average molecular weight is 333 g/mol. The number of benzene rings is 2. The van der Waals surface area contributed by atoms with Crippen molar-refractivity contribution in [2.75, 3.05) is 19.4 Å². The smallest absolute Gasteiger partial charge is 0.220 e. The van der Waals surface area contributed by atoms with E-state index in [2.05, 4.69) is 5.32 Å². The number of ether oxygens (including phenoxy) is 1. The first-order chi connectivity index (χ1) is 11.2. The molecule has 3 nitrogen and oxygen atoms in total. The Morgan fingerprint density at radius 2 is 2.00 bits per heavy atom. The van der Waals surface area contributed by atoms with Gasteiger partial charge in [0.2, 0.25) is 5.91 Å². The summed E-state index contributed by atoms with van der Waals surface area (Å²) in [4.78, 5) is 13.0. The number of carbonyl (C=O) groups excluding carboxylic acids is 1. The van der Waals surface area contributed by atoms with Crippen molar-refractivity contribution < 1.29 is 13.9 Å². The zero-order chi connectivity index (χ0) is 16.5. The molecule has 122 valence electrons. The van der Waals surface area contributed by atoms with Gasteiger partial charge in [-0.15, -0.1) is 11.8 Å². The zero-order valence-electron chi connectivity index (χ0n) is 13.0. The van der Waals surface area contributed by atoms with Gasteiger partial charge in [-0.2, -0.15) is 0 Å². The highest BCUT2D eigenvalue weighted by Crippen LogP contribution is 2.18. The molecular formula is C18H20FNO2S. The highest BCUT2D eigenvalue weighted by atomic mass is 32.2. The van der Waals surface area contributed by atoms with E-state index < -0.39 is 0 Å². The number of rotatable bonds is 8. The number of nitrogens with one attached hydrogen (secondary N) is 1. The lowest BCUT2D eigenvalue weighted by Crippen LogP contribution is -2.29. The molecule has 0 heterocycles. The van der Waals surface area contributed by atoms with Gasteiger partial charge in [-0.1, -0.05) is 30.3 Å². The van der Waals surface area contributed by atoms with Gasteiger partial charge < -0.3 is 10.1 Å². The van der Waals surface area contributed by atoms with Crippen LogP contribution in [0.3, 0.4) is 0 Å². The van der Waals surface area contributed by atoms with Crippen molar-refractivity contribution in [1.29, 1.82) is 0 Å². The number of amides is 1. The number of hydrogen-bond donors (Lipinski definition) is 1. The fraction of sp³-hybridized carbons (Fsp3) is 0.278. The number of carbonyl (C=O) groups is 1. The van der Waals surface area contributed by atoms with Crippen molar-refractivity contribution in [3.05, 3.63) is 66.0 Å². The molecule has 1 N–H and O–H groups in total. The Hall–Kier alpha value is -1.85. The molecule has 23 heavy (non-hydrogen) atoms. The van der Waals surface area contributed by atoms with Gasteiger partial charge in [-0.25, -0.2) is 4.39 Å². The first-order valence-electron chi connectivity index (χ1n) is 7.42. The van der Waals surface area contributed by atoms with Crippen LogP contribution in [0.4, 0.5) is 4.39 Å². The Morgan fingerprint density at radius 1 is 1.22 bits per heavy atom. The fourth-order valence-electron chi connectivity index (χ4n) is 2.12. The van der Waals surface area contributed by atoms with Crippen molar-refractivity contribution in [3.8, 4) is 0 Å². The molecule has 0 bridgehead atoms. The molecule has 0 spiro atoms. The second-order valence-corrected chi connectivity index (χ2v) is 6.16. The normalized spacial score (nSPS) is 11.9. The Kier molecular flexibility index (Phi) is 7.10. The van der Waals surface area contributed by atoms with E-state index >= 15 is 0 Å². The van der Waals surface area contributed by atoms with Gasteiger partial charge in [-0.05, 0) is 29.8 Å². The average Bonchev–Trinajstić information content (AvgIpc) is 2.56. The fourth-order valence-corrected chi connectivity index (χ4v) is 2.99. The SMILES string of the molecule is CO[C@@H](CNC(=O)CCSc1ccccc1)c1cccc(F)c1. The van der Waals surface area contributed by atoms with E-state index in [-0.39, 0.29) is 17.8 Å². The van der Waals surface area contributed by atoms with Crippen LogP contribution in [0, 0.1) is 5.82 Å². The van der Waals surface area contributed by atoms with E-state index in [9.17, 15) is 9.18 Å². The van der Waals surface area contributed by atoms with Gasteiger partial charge in [0.15, 0.2) is 0 Å². The molecule has 2 aromatic carbocycles. The molecule has 0 saturated heterocycles. The first-order valence-corrected chi connectivity index (χ1v) is 8.40. The summed E-state index contributed by atoms with van der Waals surface area (Å²) in [5.74, 6) is 0.370. The van der Waals surface area contributed by atoms with Crippen LogP contribution in [-0.2, 0) is 9.53 Å². The van der Waals surface area contributed by atoms with Crippen LogP contribution in [0.2, 0.25) is 0 Å². The summed E-state index contributed by atoms with van der Waals surface area (Å²) in [6.07, 6.45) is 0.0792. The van der Waals surface area contributed by atoms with E-state index in [0.717, 1.165) is 4.90 Å². The van der Waals surface area contributed by atoms with Crippen LogP contribution >= 0.6 is 11.8 Å². The molecular weight excluding hydrogens is 313 g/mol. The predicted molar refractivity (Wildman–Crippen MR) is 90.9 cm³/mol. The third-order valence-electron chi connectivity index (χ3n) is 3.33. The van der Waals surface area contributed by atoms with E-state index in [4.69, 9.17) is 4.74 Å². The molecule has 0 saturated carbocycles. The maximum Gasteiger partial charge on any atom is 0.220 e. The molecule has 1 atom stereocenters. The minimum atomic E-state index is -0.351. The van der Waals surface area contributed by atoms with E-state index in [1.165, 1.54) is 12.1 Å². The molecule has 0 fully saturated rings. The van der Waals surface area contributed by atoms with Crippen LogP contribution in [0.1, 0.15) is 18.1 Å². The van der Waals surface area contributed by atoms with Gasteiger partial charge in [0.1, 0.15) is 5.82 Å². The Labute approximate surface area is 140 Å². The lowest BCUT2D eigenvalue weighted by atomic mass is 10.1. The third-order valence-corrected chi connectivity index (χ3v) is 4.34. The maximum absolute atomic E-state index is 13.2. The van der Waals surface area contributed by atoms with E-state index in [1.54, 1.807) is 31.0 Å². The first kappa shape index (κ1) is 17.5. The molecule has 0 aromatic heterocycles. The summed E-state index contributed by atoms with van der Waals surface area (Å²) in [6, 6.07) is 16.2. The number of hydrogen-bond acceptors (Lipinski definition) is 3. The molecule has 0 unspecified atom stereocenters. The molecule has 5 heteroatoms. The largest absolute Gasteiger partial charge is 0.375 e. The van der Waals surface area contributed by atoms with E-state index in [1.807, 2.05) is 30.3 Å². The van der Waals surface area contributed by atoms with Gasteiger partial charge in [0.25, 0.3) is 0 Å². The highest BCUT2D eigenvalue weighted by molar-refractivity contribution is 7.99. The van der Waals surface area contributed by atoms with Crippen molar-refractivity contribution >= 4 is 17.7 Å². The number of methoxy groups -OCH3 is 1. The van der Waals surface area contributed by atoms with Gasteiger partial charge in [0, 0.05) is 30.7 Å². The molecule has 0 aliphatic carbocycles. The topological polar surface area (TPSA) is 38.3 Å². The minimum absolute atomic E-state index is 0.0353. The second kappa shape index (κ2) is 9.33. The Balaban J connectivity index is 1.74. The second-order valence-electron chi connectivity index (χ2n) is 4.99. The lowest BCUT2D eigenvalue weighted by molar-refractivity contribution is -0.121. The van der Waals surface area contributed by atoms with Crippen molar-refractivity contribution in [2.45, 2.75) is 17.4 Å². The number of halogens is 1. The predicted octanol–water partition coefficient (Wildman–Crippen LogP) is 3.81. The van der Waals surface area contributed by atoms with Gasteiger partial charge in [-0.3, -0.25) is 4.79 Å². The van der Waals surface area contributed by atoms with Crippen LogP contribution in [0.15, 0.2) is 59.5 Å². The quantitative estimate of drug-likeness (QED) is 0.747. The minimum Gasteiger partial charge on any atom is -0.375 e. The molecule has 0 aliphatic rings. The summed E-state index contributed by atoms with van der Waals surface area (Å²) >= 11 is 1.65. The Bertz CT molecular complexity index is 621. The van der Waals surface area contributed by atoms with Gasteiger partial charge >= 0.3 is 0 Å². The summed E-state index contributed by atoms with van der Waals surface area (Å²) in [6.45, 7) is 0.328. The monoisotopic (exact) mass is 333 g/mol. The maximum atomic E-state index is 13.2. The lowest BCUT2D eigenvalue weighted by Gasteiger charge is -2.16. The molecule has 0 aliphatic heterocycles. The van der Waals surface area contributed by atoms with Crippen LogP contribution < -0.4 is 5.32 Å². The summed E-state index contributed by atoms with van der Waals surface area (Å²) < 4.78 is 18.6. The number of thioether (sulfide) groups is 1. The molecule has 0 radical (unpaired) electrons. The van der Waals surface area contributed by atoms with Crippen molar-refractivity contribution in [1.82, 2.24) is 5.32 Å². The summed E-state index contributed by atoms with van der Waals surface area (Å²) in [7, 11) is 1.55. The van der Waals surface area contributed by atoms with E-state index in [0.29, 0.717) is 24.3 Å². The zero-order valence-corrected chi connectivity index (χ0v) is 13.8. The molecule has 1 amide bonds. The molecule has 2 aromatic rings.